The van der Waals surface area contributed by atoms with Crippen molar-refractivity contribution in [3.8, 4) is 0 Å². The second-order valence-electron chi connectivity index (χ2n) is 4.37. The van der Waals surface area contributed by atoms with Crippen LogP contribution in [-0.4, -0.2) is 0 Å². The number of nitrogens with two attached hydrogens (primary N) is 1. The highest BCUT2D eigenvalue weighted by molar-refractivity contribution is 9.10. The van der Waals surface area contributed by atoms with E-state index in [-0.39, 0.29) is 6.04 Å². The Balaban J connectivity index is 2.26. The molecular formula is C15H17BrN2. The van der Waals surface area contributed by atoms with Crippen molar-refractivity contribution in [3.05, 3.63) is 69.7 Å². The monoisotopic (exact) mass is 304 g/mol. The van der Waals surface area contributed by atoms with Crippen molar-refractivity contribution < 1.29 is 0 Å². The lowest BCUT2D eigenvalue weighted by atomic mass is 9.96. The van der Waals surface area contributed by atoms with E-state index in [1.807, 2.05) is 24.3 Å². The molecule has 2 rings (SSSR count). The number of halogens is 1. The van der Waals surface area contributed by atoms with Crippen molar-refractivity contribution in [1.29, 1.82) is 0 Å². The number of rotatable bonds is 4. The van der Waals surface area contributed by atoms with Crippen LogP contribution in [0.2, 0.25) is 0 Å². The van der Waals surface area contributed by atoms with Gasteiger partial charge in [-0.2, -0.15) is 0 Å². The zero-order valence-electron chi connectivity index (χ0n) is 10.4. The van der Waals surface area contributed by atoms with E-state index in [1.165, 1.54) is 16.7 Å². The lowest BCUT2D eigenvalue weighted by Crippen LogP contribution is -2.30. The summed E-state index contributed by atoms with van der Waals surface area (Å²) >= 11 is 3.58. The number of aryl methyl sites for hydroxylation is 1. The molecule has 0 radical (unpaired) electrons. The Hall–Kier alpha value is -1.16. The van der Waals surface area contributed by atoms with Gasteiger partial charge in [-0.3, -0.25) is 11.3 Å². The first kappa shape index (κ1) is 13.3. The topological polar surface area (TPSA) is 38.0 Å². The second kappa shape index (κ2) is 6.14. The molecule has 3 N–H and O–H groups in total. The summed E-state index contributed by atoms with van der Waals surface area (Å²) in [6.07, 6.45) is 0.864. The SMILES string of the molecule is Cc1ccccc1C(Cc1ccccc1Br)NN. The first-order valence-electron chi connectivity index (χ1n) is 5.97. The fourth-order valence-electron chi connectivity index (χ4n) is 2.12. The Bertz CT molecular complexity index is 525. The van der Waals surface area contributed by atoms with Gasteiger partial charge in [-0.05, 0) is 36.1 Å². The molecule has 2 aromatic rings. The van der Waals surface area contributed by atoms with Crippen LogP contribution >= 0.6 is 15.9 Å². The molecular weight excluding hydrogens is 288 g/mol. The average molecular weight is 305 g/mol. The van der Waals surface area contributed by atoms with E-state index < -0.39 is 0 Å². The lowest BCUT2D eigenvalue weighted by molar-refractivity contribution is 0.548. The zero-order chi connectivity index (χ0) is 13.0. The highest BCUT2D eigenvalue weighted by atomic mass is 79.9. The molecule has 0 aliphatic carbocycles. The number of benzene rings is 2. The third-order valence-electron chi connectivity index (χ3n) is 3.15. The third-order valence-corrected chi connectivity index (χ3v) is 3.92. The van der Waals surface area contributed by atoms with Crippen LogP contribution in [-0.2, 0) is 6.42 Å². The molecule has 2 aromatic carbocycles. The maximum absolute atomic E-state index is 5.71. The normalized spacial score (nSPS) is 12.4. The van der Waals surface area contributed by atoms with Crippen LogP contribution < -0.4 is 11.3 Å². The average Bonchev–Trinajstić information content (AvgIpc) is 2.39. The molecule has 0 saturated heterocycles. The van der Waals surface area contributed by atoms with E-state index >= 15 is 0 Å². The molecule has 0 spiro atoms. The van der Waals surface area contributed by atoms with Gasteiger partial charge in [0.2, 0.25) is 0 Å². The Morgan fingerprint density at radius 3 is 2.44 bits per heavy atom. The highest BCUT2D eigenvalue weighted by Crippen LogP contribution is 2.25. The van der Waals surface area contributed by atoms with Gasteiger partial charge >= 0.3 is 0 Å². The van der Waals surface area contributed by atoms with Crippen LogP contribution in [0.4, 0.5) is 0 Å². The summed E-state index contributed by atoms with van der Waals surface area (Å²) in [4.78, 5) is 0. The van der Waals surface area contributed by atoms with Gasteiger partial charge < -0.3 is 0 Å². The van der Waals surface area contributed by atoms with E-state index in [9.17, 15) is 0 Å². The van der Waals surface area contributed by atoms with E-state index in [1.54, 1.807) is 0 Å². The molecule has 1 atom stereocenters. The summed E-state index contributed by atoms with van der Waals surface area (Å²) in [6, 6.07) is 16.7. The molecule has 0 aliphatic heterocycles. The Labute approximate surface area is 116 Å². The minimum atomic E-state index is 0.130. The van der Waals surface area contributed by atoms with Crippen LogP contribution in [0.1, 0.15) is 22.7 Å². The third kappa shape index (κ3) is 2.99. The fraction of sp³-hybridized carbons (Fsp3) is 0.200. The quantitative estimate of drug-likeness (QED) is 0.670. The maximum atomic E-state index is 5.71. The van der Waals surface area contributed by atoms with Crippen LogP contribution in [0.15, 0.2) is 53.0 Å². The minimum Gasteiger partial charge on any atom is -0.271 e. The second-order valence-corrected chi connectivity index (χ2v) is 5.23. The molecule has 3 heteroatoms. The van der Waals surface area contributed by atoms with Crippen molar-refractivity contribution in [2.24, 2.45) is 5.84 Å². The van der Waals surface area contributed by atoms with E-state index in [0.29, 0.717) is 0 Å². The Morgan fingerprint density at radius 2 is 1.78 bits per heavy atom. The molecule has 0 aromatic heterocycles. The van der Waals surface area contributed by atoms with Crippen molar-refractivity contribution in [1.82, 2.24) is 5.43 Å². The molecule has 18 heavy (non-hydrogen) atoms. The molecule has 2 nitrogen and oxygen atoms in total. The standard InChI is InChI=1S/C15H17BrN2/c1-11-6-2-4-8-13(11)15(18-17)10-12-7-3-5-9-14(12)16/h2-9,15,18H,10,17H2,1H3. The molecule has 0 amide bonds. The van der Waals surface area contributed by atoms with E-state index in [4.69, 9.17) is 5.84 Å². The van der Waals surface area contributed by atoms with Crippen LogP contribution in [0.5, 0.6) is 0 Å². The molecule has 0 aliphatic rings. The summed E-state index contributed by atoms with van der Waals surface area (Å²) in [5.41, 5.74) is 6.67. The predicted octanol–water partition coefficient (Wildman–Crippen LogP) is 3.50. The molecule has 0 saturated carbocycles. The van der Waals surface area contributed by atoms with E-state index in [0.717, 1.165) is 10.9 Å². The van der Waals surface area contributed by atoms with Gasteiger partial charge in [0.05, 0.1) is 6.04 Å². The van der Waals surface area contributed by atoms with Crippen LogP contribution in [0.25, 0.3) is 0 Å². The van der Waals surface area contributed by atoms with Gasteiger partial charge in [-0.1, -0.05) is 58.4 Å². The van der Waals surface area contributed by atoms with Gasteiger partial charge in [0.25, 0.3) is 0 Å². The largest absolute Gasteiger partial charge is 0.271 e. The smallest absolute Gasteiger partial charge is 0.0503 e. The molecule has 0 fully saturated rings. The minimum absolute atomic E-state index is 0.130. The number of hydrazine groups is 1. The van der Waals surface area contributed by atoms with Crippen molar-refractivity contribution in [3.63, 3.8) is 0 Å². The van der Waals surface area contributed by atoms with Gasteiger partial charge in [0.1, 0.15) is 0 Å². The Kier molecular flexibility index (Phi) is 4.53. The molecule has 94 valence electrons. The zero-order valence-corrected chi connectivity index (χ0v) is 11.9. The van der Waals surface area contributed by atoms with Gasteiger partial charge in [0.15, 0.2) is 0 Å². The predicted molar refractivity (Wildman–Crippen MR) is 79.1 cm³/mol. The first-order valence-corrected chi connectivity index (χ1v) is 6.76. The van der Waals surface area contributed by atoms with Crippen molar-refractivity contribution in [2.75, 3.05) is 0 Å². The Morgan fingerprint density at radius 1 is 1.11 bits per heavy atom. The first-order chi connectivity index (χ1) is 8.72. The van der Waals surface area contributed by atoms with Crippen molar-refractivity contribution >= 4 is 15.9 Å². The number of hydrogen-bond acceptors (Lipinski definition) is 2. The maximum Gasteiger partial charge on any atom is 0.0503 e. The van der Waals surface area contributed by atoms with Crippen LogP contribution in [0, 0.1) is 6.92 Å². The molecule has 0 heterocycles. The molecule has 1 unspecified atom stereocenters. The van der Waals surface area contributed by atoms with Gasteiger partial charge in [-0.25, -0.2) is 0 Å². The van der Waals surface area contributed by atoms with Gasteiger partial charge in [0, 0.05) is 4.47 Å². The summed E-state index contributed by atoms with van der Waals surface area (Å²) < 4.78 is 1.12. The van der Waals surface area contributed by atoms with E-state index in [2.05, 4.69) is 52.5 Å². The highest BCUT2D eigenvalue weighted by Gasteiger charge is 2.13. The summed E-state index contributed by atoms with van der Waals surface area (Å²) in [7, 11) is 0. The van der Waals surface area contributed by atoms with Crippen LogP contribution in [0.3, 0.4) is 0 Å². The summed E-state index contributed by atoms with van der Waals surface area (Å²) in [5.74, 6) is 5.71. The number of hydrogen-bond donors (Lipinski definition) is 2. The molecule has 0 bridgehead atoms. The van der Waals surface area contributed by atoms with Gasteiger partial charge in [-0.15, -0.1) is 0 Å². The van der Waals surface area contributed by atoms with Crippen molar-refractivity contribution in [2.45, 2.75) is 19.4 Å². The summed E-state index contributed by atoms with van der Waals surface area (Å²) in [5, 5.41) is 0. The number of nitrogens with one attached hydrogen (secondary N) is 1. The lowest BCUT2D eigenvalue weighted by Gasteiger charge is -2.19. The summed E-state index contributed by atoms with van der Waals surface area (Å²) in [6.45, 7) is 2.11. The fourth-order valence-corrected chi connectivity index (χ4v) is 2.57.